The number of anilines is 3. The van der Waals surface area contributed by atoms with Crippen molar-refractivity contribution in [1.82, 2.24) is 29.5 Å². The summed E-state index contributed by atoms with van der Waals surface area (Å²) < 4.78 is 2.96. The van der Waals surface area contributed by atoms with Crippen molar-refractivity contribution in [2.45, 2.75) is 12.8 Å². The second kappa shape index (κ2) is 8.60. The highest BCUT2D eigenvalue weighted by Gasteiger charge is 2.42. The van der Waals surface area contributed by atoms with Gasteiger partial charge in [0.1, 0.15) is 28.7 Å². The fraction of sp³-hybridized carbons (Fsp3) is 0.261. The van der Waals surface area contributed by atoms with Gasteiger partial charge in [0.05, 0.1) is 12.8 Å². The summed E-state index contributed by atoms with van der Waals surface area (Å²) in [6.45, 7) is 0.443. The number of rotatable bonds is 8. The zero-order valence-electron chi connectivity index (χ0n) is 18.5. The number of pyridine rings is 2. The number of hydrogen-bond donors (Lipinski definition) is 4. The van der Waals surface area contributed by atoms with Crippen molar-refractivity contribution in [3.05, 3.63) is 70.9 Å². The normalized spacial score (nSPS) is 14.1. The zero-order chi connectivity index (χ0) is 23.7. The van der Waals surface area contributed by atoms with Crippen molar-refractivity contribution in [2.75, 3.05) is 30.8 Å². The molecule has 5 rings (SSSR count). The first-order chi connectivity index (χ1) is 16.5. The highest BCUT2D eigenvalue weighted by molar-refractivity contribution is 6.00. The number of aliphatic hydroxyl groups excluding tert-OH is 1. The molecule has 4 heterocycles. The summed E-state index contributed by atoms with van der Waals surface area (Å²) in [6, 6.07) is 10.4. The molecule has 0 bridgehead atoms. The molecular weight excluding hydrogens is 436 g/mol. The smallest absolute Gasteiger partial charge is 0.279 e. The zero-order valence-corrected chi connectivity index (χ0v) is 18.5. The molecule has 4 aromatic rings. The van der Waals surface area contributed by atoms with Gasteiger partial charge in [0.15, 0.2) is 5.65 Å². The van der Waals surface area contributed by atoms with Crippen LogP contribution in [0.2, 0.25) is 0 Å². The van der Waals surface area contributed by atoms with Crippen LogP contribution in [0.15, 0.2) is 59.8 Å². The molecule has 0 saturated heterocycles. The molecule has 0 aliphatic heterocycles. The Morgan fingerprint density at radius 3 is 2.79 bits per heavy atom. The third-order valence-corrected chi connectivity index (χ3v) is 6.00. The molecule has 11 heteroatoms. The predicted octanol–water partition coefficient (Wildman–Crippen LogP) is 1.56. The Morgan fingerprint density at radius 2 is 2.09 bits per heavy atom. The van der Waals surface area contributed by atoms with E-state index in [4.69, 9.17) is 0 Å². The van der Waals surface area contributed by atoms with Crippen LogP contribution in [0.4, 0.5) is 17.3 Å². The fourth-order valence-electron chi connectivity index (χ4n) is 3.70. The Labute approximate surface area is 194 Å². The minimum Gasteiger partial charge on any atom is -0.396 e. The van der Waals surface area contributed by atoms with Crippen molar-refractivity contribution >= 4 is 28.9 Å². The van der Waals surface area contributed by atoms with Gasteiger partial charge in [0, 0.05) is 37.5 Å². The molecule has 4 aromatic heterocycles. The quantitative estimate of drug-likeness (QED) is 0.311. The second-order valence-corrected chi connectivity index (χ2v) is 8.32. The largest absolute Gasteiger partial charge is 0.396 e. The van der Waals surface area contributed by atoms with Gasteiger partial charge >= 0.3 is 0 Å². The van der Waals surface area contributed by atoms with Crippen LogP contribution in [0, 0.1) is 5.41 Å². The average molecular weight is 460 g/mol. The van der Waals surface area contributed by atoms with Gasteiger partial charge in [-0.3, -0.25) is 14.2 Å². The first kappa shape index (κ1) is 21.6. The van der Waals surface area contributed by atoms with Crippen LogP contribution in [0.3, 0.4) is 0 Å². The Bertz CT molecular complexity index is 1410. The molecule has 1 aliphatic rings. The van der Waals surface area contributed by atoms with Gasteiger partial charge in [-0.2, -0.15) is 9.61 Å². The van der Waals surface area contributed by atoms with Crippen LogP contribution in [0.5, 0.6) is 0 Å². The molecule has 0 unspecified atom stereocenters. The highest BCUT2D eigenvalue weighted by atomic mass is 16.3. The van der Waals surface area contributed by atoms with Gasteiger partial charge in [0.2, 0.25) is 0 Å². The topological polar surface area (TPSA) is 138 Å². The summed E-state index contributed by atoms with van der Waals surface area (Å²) in [7, 11) is 1.73. The summed E-state index contributed by atoms with van der Waals surface area (Å²) in [5.74, 6) is 1.14. The van der Waals surface area contributed by atoms with Crippen LogP contribution in [0.1, 0.15) is 23.2 Å². The van der Waals surface area contributed by atoms with Gasteiger partial charge in [-0.1, -0.05) is 6.07 Å². The van der Waals surface area contributed by atoms with Gasteiger partial charge < -0.3 is 21.1 Å². The summed E-state index contributed by atoms with van der Waals surface area (Å²) in [6.07, 6.45) is 6.50. The number of aliphatic hydroxyl groups is 1. The molecule has 174 valence electrons. The Hall–Kier alpha value is -4.25. The lowest BCUT2D eigenvalue weighted by atomic mass is 10.1. The molecule has 0 atom stereocenters. The maximum Gasteiger partial charge on any atom is 0.279 e. The molecule has 0 aromatic carbocycles. The Kier molecular flexibility index (Phi) is 5.46. The number of carbonyl (C=O) groups excluding carboxylic acids is 1. The van der Waals surface area contributed by atoms with Crippen molar-refractivity contribution in [2.24, 2.45) is 5.41 Å². The summed E-state index contributed by atoms with van der Waals surface area (Å²) in [5, 5.41) is 22.8. The van der Waals surface area contributed by atoms with E-state index in [2.05, 4.69) is 31.0 Å². The standard InChI is InChI=1S/C23H24N8O3/c1-24-19-11-17(28-16-5-4-10-30(22(16)34)18-6-2-3-9-25-18)29-20-15(12-27-31(19)20)21(33)26-13-23(14-32)7-8-23/h2-6,9-12,24,32H,7-8,13-14H2,1H3,(H,26,33)(H,28,29). The molecule has 1 saturated carbocycles. The lowest BCUT2D eigenvalue weighted by molar-refractivity contribution is 0.0936. The lowest BCUT2D eigenvalue weighted by Crippen LogP contribution is -2.31. The van der Waals surface area contributed by atoms with Crippen LogP contribution < -0.4 is 21.5 Å². The molecule has 4 N–H and O–H groups in total. The number of nitrogens with one attached hydrogen (secondary N) is 3. The SMILES string of the molecule is CNc1cc(Nc2cccn(-c3ccccn3)c2=O)nc2c(C(=O)NCC3(CO)CC3)cnn12. The molecular formula is C23H24N8O3. The maximum absolute atomic E-state index is 13.0. The molecule has 1 amide bonds. The van der Waals surface area contributed by atoms with Crippen LogP contribution in [0.25, 0.3) is 11.5 Å². The molecule has 0 spiro atoms. The first-order valence-corrected chi connectivity index (χ1v) is 10.9. The molecule has 11 nitrogen and oxygen atoms in total. The number of hydrogen-bond acceptors (Lipinski definition) is 8. The van der Waals surface area contributed by atoms with E-state index in [0.29, 0.717) is 40.9 Å². The van der Waals surface area contributed by atoms with Gasteiger partial charge in [0.25, 0.3) is 11.5 Å². The Balaban J connectivity index is 1.47. The molecule has 34 heavy (non-hydrogen) atoms. The van der Waals surface area contributed by atoms with Gasteiger partial charge in [-0.25, -0.2) is 9.97 Å². The number of nitrogens with zero attached hydrogens (tertiary/aromatic N) is 5. The van der Waals surface area contributed by atoms with Crippen molar-refractivity contribution in [3.63, 3.8) is 0 Å². The number of amides is 1. The average Bonchev–Trinajstić information content (AvgIpc) is 3.53. The summed E-state index contributed by atoms with van der Waals surface area (Å²) >= 11 is 0. The van der Waals surface area contributed by atoms with E-state index in [0.717, 1.165) is 12.8 Å². The monoisotopic (exact) mass is 460 g/mol. The number of fused-ring (bicyclic) bond motifs is 1. The third kappa shape index (κ3) is 3.97. The minimum absolute atomic E-state index is 0.0470. The Morgan fingerprint density at radius 1 is 1.24 bits per heavy atom. The number of aromatic nitrogens is 5. The summed E-state index contributed by atoms with van der Waals surface area (Å²) in [4.78, 5) is 34.7. The van der Waals surface area contributed by atoms with Crippen LogP contribution in [-0.4, -0.2) is 55.4 Å². The minimum atomic E-state index is -0.321. The maximum atomic E-state index is 13.0. The molecule has 0 radical (unpaired) electrons. The van der Waals surface area contributed by atoms with Crippen LogP contribution >= 0.6 is 0 Å². The van der Waals surface area contributed by atoms with Gasteiger partial charge in [-0.15, -0.1) is 0 Å². The lowest BCUT2D eigenvalue weighted by Gasteiger charge is -2.13. The third-order valence-electron chi connectivity index (χ3n) is 6.00. The van der Waals surface area contributed by atoms with Crippen molar-refractivity contribution < 1.29 is 9.90 Å². The van der Waals surface area contributed by atoms with E-state index >= 15 is 0 Å². The van der Waals surface area contributed by atoms with E-state index in [9.17, 15) is 14.7 Å². The van der Waals surface area contributed by atoms with E-state index in [-0.39, 0.29) is 23.5 Å². The van der Waals surface area contributed by atoms with Gasteiger partial charge in [-0.05, 0) is 37.1 Å². The highest BCUT2D eigenvalue weighted by Crippen LogP contribution is 2.44. The van der Waals surface area contributed by atoms with Crippen LogP contribution in [-0.2, 0) is 0 Å². The predicted molar refractivity (Wildman–Crippen MR) is 127 cm³/mol. The van der Waals surface area contributed by atoms with E-state index in [1.807, 2.05) is 0 Å². The van der Waals surface area contributed by atoms with E-state index in [1.165, 1.54) is 15.3 Å². The molecule has 1 aliphatic carbocycles. The molecule has 1 fully saturated rings. The van der Waals surface area contributed by atoms with Crippen molar-refractivity contribution in [1.29, 1.82) is 0 Å². The van der Waals surface area contributed by atoms with Crippen molar-refractivity contribution in [3.8, 4) is 5.82 Å². The van der Waals surface area contributed by atoms with E-state index in [1.54, 1.807) is 55.8 Å². The fourth-order valence-corrected chi connectivity index (χ4v) is 3.70. The second-order valence-electron chi connectivity index (χ2n) is 8.32. The van der Waals surface area contributed by atoms with E-state index < -0.39 is 0 Å². The summed E-state index contributed by atoms with van der Waals surface area (Å²) in [5.41, 5.74) is 0.431. The number of carbonyl (C=O) groups is 1. The first-order valence-electron chi connectivity index (χ1n) is 10.9.